The Balaban J connectivity index is 1.75. The van der Waals surface area contributed by atoms with Crippen LogP contribution in [0.15, 0.2) is 83.8 Å². The number of carbonyl (C=O) groups is 2. The molecule has 1 amide bonds. The standard InChI is InChI=1S/C28H26N2O6S/c1-3-4-18-36-23-14-16-24(17-15-23)37(33,34)30-19-22-12-8-9-13-25(22)29(20-26(30)28(32)35-2)27(31)21-10-6-5-7-11-21/h5-17,26H,18-20H2,1-2H3. The number of carbonyl (C=O) groups excluding carboxylic acids is 2. The van der Waals surface area contributed by atoms with Gasteiger partial charge in [-0.15, -0.1) is 5.92 Å². The van der Waals surface area contributed by atoms with Gasteiger partial charge in [0.25, 0.3) is 5.91 Å². The van der Waals surface area contributed by atoms with Crippen molar-refractivity contribution >= 4 is 27.6 Å². The van der Waals surface area contributed by atoms with E-state index in [0.29, 0.717) is 22.6 Å². The molecule has 3 aromatic carbocycles. The molecule has 0 aromatic heterocycles. The fourth-order valence-electron chi connectivity index (χ4n) is 4.09. The summed E-state index contributed by atoms with van der Waals surface area (Å²) >= 11 is 0. The van der Waals surface area contributed by atoms with Crippen LogP contribution in [0, 0.1) is 11.8 Å². The van der Waals surface area contributed by atoms with E-state index in [0.717, 1.165) is 4.31 Å². The highest BCUT2D eigenvalue weighted by Crippen LogP contribution is 2.32. The number of anilines is 1. The number of methoxy groups -OCH3 is 1. The predicted octanol–water partition coefficient (Wildman–Crippen LogP) is 3.48. The van der Waals surface area contributed by atoms with E-state index >= 15 is 0 Å². The lowest BCUT2D eigenvalue weighted by atomic mass is 10.1. The van der Waals surface area contributed by atoms with E-state index in [1.807, 2.05) is 0 Å². The lowest BCUT2D eigenvalue weighted by molar-refractivity contribution is -0.144. The second-order valence-corrected chi connectivity index (χ2v) is 10.1. The van der Waals surface area contributed by atoms with Crippen LogP contribution in [0.2, 0.25) is 0 Å². The molecule has 1 aliphatic heterocycles. The number of benzene rings is 3. The van der Waals surface area contributed by atoms with Crippen molar-refractivity contribution in [1.82, 2.24) is 4.31 Å². The predicted molar refractivity (Wildman–Crippen MR) is 138 cm³/mol. The van der Waals surface area contributed by atoms with Gasteiger partial charge in [-0.3, -0.25) is 9.59 Å². The van der Waals surface area contributed by atoms with Crippen LogP contribution in [0.4, 0.5) is 5.69 Å². The summed E-state index contributed by atoms with van der Waals surface area (Å²) in [7, 11) is -2.98. The van der Waals surface area contributed by atoms with Gasteiger partial charge in [-0.2, -0.15) is 4.31 Å². The smallest absolute Gasteiger partial charge is 0.326 e. The first-order valence-electron chi connectivity index (χ1n) is 11.5. The highest BCUT2D eigenvalue weighted by molar-refractivity contribution is 7.89. The van der Waals surface area contributed by atoms with Crippen molar-refractivity contribution in [2.45, 2.75) is 24.4 Å². The molecule has 0 aliphatic carbocycles. The number of hydrogen-bond donors (Lipinski definition) is 0. The summed E-state index contributed by atoms with van der Waals surface area (Å²) in [6, 6.07) is 20.3. The molecule has 0 radical (unpaired) electrons. The summed E-state index contributed by atoms with van der Waals surface area (Å²) in [5.74, 6) is 4.85. The largest absolute Gasteiger partial charge is 0.481 e. The van der Waals surface area contributed by atoms with E-state index < -0.39 is 22.0 Å². The fraction of sp³-hybridized carbons (Fsp3) is 0.214. The molecule has 4 rings (SSSR count). The zero-order valence-electron chi connectivity index (χ0n) is 20.5. The average molecular weight is 519 g/mol. The molecule has 0 fully saturated rings. The summed E-state index contributed by atoms with van der Waals surface area (Å²) in [5.41, 5.74) is 1.53. The lowest BCUT2D eigenvalue weighted by Gasteiger charge is -2.29. The minimum absolute atomic E-state index is 0.0179. The van der Waals surface area contributed by atoms with E-state index in [-0.39, 0.29) is 30.5 Å². The molecule has 8 nitrogen and oxygen atoms in total. The fourth-order valence-corrected chi connectivity index (χ4v) is 5.64. The minimum Gasteiger partial charge on any atom is -0.481 e. The Bertz CT molecular complexity index is 1440. The monoisotopic (exact) mass is 518 g/mol. The summed E-state index contributed by atoms with van der Waals surface area (Å²) < 4.78 is 39.3. The maximum absolute atomic E-state index is 13.9. The average Bonchev–Trinajstić information content (AvgIpc) is 3.11. The zero-order chi connectivity index (χ0) is 26.4. The van der Waals surface area contributed by atoms with E-state index in [1.165, 1.54) is 36.3 Å². The van der Waals surface area contributed by atoms with Crippen LogP contribution >= 0.6 is 0 Å². The van der Waals surface area contributed by atoms with Gasteiger partial charge in [0, 0.05) is 17.8 Å². The Morgan fingerprint density at radius 2 is 1.65 bits per heavy atom. The second-order valence-electron chi connectivity index (χ2n) is 8.19. The maximum Gasteiger partial charge on any atom is 0.326 e. The Hall–Kier alpha value is -4.13. The molecular weight excluding hydrogens is 492 g/mol. The van der Waals surface area contributed by atoms with E-state index in [2.05, 4.69) is 11.8 Å². The van der Waals surface area contributed by atoms with Crippen LogP contribution in [0.5, 0.6) is 5.75 Å². The molecule has 0 spiro atoms. The van der Waals surface area contributed by atoms with Crippen molar-refractivity contribution in [3.8, 4) is 17.6 Å². The molecule has 37 heavy (non-hydrogen) atoms. The molecule has 1 unspecified atom stereocenters. The molecule has 0 bridgehead atoms. The van der Waals surface area contributed by atoms with Crippen molar-refractivity contribution in [3.63, 3.8) is 0 Å². The minimum atomic E-state index is -4.18. The number of ether oxygens (including phenoxy) is 2. The van der Waals surface area contributed by atoms with Gasteiger partial charge in [0.1, 0.15) is 18.4 Å². The summed E-state index contributed by atoms with van der Waals surface area (Å²) in [6.07, 6.45) is 0. The first-order chi connectivity index (χ1) is 17.9. The molecule has 1 heterocycles. The third kappa shape index (κ3) is 5.50. The van der Waals surface area contributed by atoms with Crippen molar-refractivity contribution in [2.75, 3.05) is 25.2 Å². The van der Waals surface area contributed by atoms with Gasteiger partial charge in [0.05, 0.1) is 18.6 Å². The molecule has 3 aromatic rings. The van der Waals surface area contributed by atoms with Gasteiger partial charge in [-0.05, 0) is 55.0 Å². The number of nitrogens with zero attached hydrogens (tertiary/aromatic N) is 2. The highest BCUT2D eigenvalue weighted by atomic mass is 32.2. The number of hydrogen-bond acceptors (Lipinski definition) is 6. The second kappa shape index (κ2) is 11.3. The molecule has 9 heteroatoms. The number of esters is 1. The molecule has 0 saturated carbocycles. The third-order valence-electron chi connectivity index (χ3n) is 5.97. The Kier molecular flexibility index (Phi) is 7.92. The third-order valence-corrected chi connectivity index (χ3v) is 7.84. The van der Waals surface area contributed by atoms with Crippen molar-refractivity contribution < 1.29 is 27.5 Å². The number of amides is 1. The van der Waals surface area contributed by atoms with Crippen LogP contribution in [0.3, 0.4) is 0 Å². The highest BCUT2D eigenvalue weighted by Gasteiger charge is 2.42. The summed E-state index contributed by atoms with van der Waals surface area (Å²) in [5, 5.41) is 0. The zero-order valence-corrected chi connectivity index (χ0v) is 21.3. The Labute approximate surface area is 216 Å². The molecule has 0 N–H and O–H groups in total. The van der Waals surface area contributed by atoms with Gasteiger partial charge < -0.3 is 14.4 Å². The van der Waals surface area contributed by atoms with Gasteiger partial charge in [0.2, 0.25) is 10.0 Å². The van der Waals surface area contributed by atoms with Gasteiger partial charge in [-0.1, -0.05) is 42.3 Å². The molecular formula is C28H26N2O6S. The van der Waals surface area contributed by atoms with Crippen molar-refractivity contribution in [3.05, 3.63) is 90.0 Å². The maximum atomic E-state index is 13.9. The van der Waals surface area contributed by atoms with Crippen molar-refractivity contribution in [2.24, 2.45) is 0 Å². The lowest BCUT2D eigenvalue weighted by Crippen LogP contribution is -2.50. The Morgan fingerprint density at radius 1 is 0.973 bits per heavy atom. The van der Waals surface area contributed by atoms with E-state index in [9.17, 15) is 18.0 Å². The van der Waals surface area contributed by atoms with Crippen molar-refractivity contribution in [1.29, 1.82) is 0 Å². The first kappa shape index (κ1) is 25.9. The van der Waals surface area contributed by atoms with E-state index in [1.54, 1.807) is 61.5 Å². The van der Waals surface area contributed by atoms with Crippen LogP contribution in [-0.2, 0) is 26.1 Å². The first-order valence-corrected chi connectivity index (χ1v) is 13.0. The summed E-state index contributed by atoms with van der Waals surface area (Å²) in [6.45, 7) is 1.54. The normalized spacial score (nSPS) is 15.5. The number of para-hydroxylation sites is 1. The molecule has 190 valence electrons. The Morgan fingerprint density at radius 3 is 2.32 bits per heavy atom. The van der Waals surface area contributed by atoms with Crippen LogP contribution in [0.25, 0.3) is 0 Å². The topological polar surface area (TPSA) is 93.2 Å². The van der Waals surface area contributed by atoms with Crippen LogP contribution < -0.4 is 9.64 Å². The van der Waals surface area contributed by atoms with E-state index in [4.69, 9.17) is 9.47 Å². The van der Waals surface area contributed by atoms with Crippen LogP contribution in [-0.4, -0.2) is 50.9 Å². The van der Waals surface area contributed by atoms with Crippen LogP contribution in [0.1, 0.15) is 22.8 Å². The van der Waals surface area contributed by atoms with Gasteiger partial charge >= 0.3 is 5.97 Å². The number of sulfonamides is 1. The summed E-state index contributed by atoms with van der Waals surface area (Å²) in [4.78, 5) is 27.9. The number of rotatable bonds is 6. The molecule has 0 saturated heterocycles. The number of fused-ring (bicyclic) bond motifs is 1. The molecule has 1 atom stereocenters. The SMILES string of the molecule is CC#CCOc1ccc(S(=O)(=O)N2Cc3ccccc3N(C(=O)c3ccccc3)CC2C(=O)OC)cc1. The molecule has 1 aliphatic rings. The van der Waals surface area contributed by atoms with Gasteiger partial charge in [0.15, 0.2) is 0 Å². The van der Waals surface area contributed by atoms with Gasteiger partial charge in [-0.25, -0.2) is 8.42 Å². The quantitative estimate of drug-likeness (QED) is 0.367.